The first kappa shape index (κ1) is 12.8. The van der Waals surface area contributed by atoms with Gasteiger partial charge in [-0.05, 0) is 31.5 Å². The molecule has 16 heavy (non-hydrogen) atoms. The number of carbonyl (C=O) groups is 1. The second kappa shape index (κ2) is 6.38. The van der Waals surface area contributed by atoms with Gasteiger partial charge in [-0.1, -0.05) is 18.5 Å². The van der Waals surface area contributed by atoms with E-state index in [4.69, 9.17) is 11.6 Å². The molecule has 0 atom stereocenters. The van der Waals surface area contributed by atoms with Crippen molar-refractivity contribution in [3.63, 3.8) is 0 Å². The van der Waals surface area contributed by atoms with Crippen molar-refractivity contribution < 1.29 is 4.79 Å². The van der Waals surface area contributed by atoms with Crippen LogP contribution in [-0.2, 0) is 4.79 Å². The quantitative estimate of drug-likeness (QED) is 0.827. The molecule has 0 bridgehead atoms. The minimum Gasteiger partial charge on any atom is -0.385 e. The van der Waals surface area contributed by atoms with Gasteiger partial charge in [-0.15, -0.1) is 0 Å². The first-order chi connectivity index (χ1) is 7.67. The van der Waals surface area contributed by atoms with Crippen molar-refractivity contribution in [2.45, 2.75) is 26.7 Å². The fraction of sp³-hybridized carbons (Fsp3) is 0.417. The van der Waals surface area contributed by atoms with Gasteiger partial charge >= 0.3 is 0 Å². The number of hydrogen-bond donors (Lipinski definition) is 2. The van der Waals surface area contributed by atoms with E-state index in [1.807, 2.05) is 32.0 Å². The minimum absolute atomic E-state index is 0.000556. The third-order valence-corrected chi connectivity index (χ3v) is 2.41. The zero-order chi connectivity index (χ0) is 12.0. The number of nitrogens with one attached hydrogen (secondary N) is 2. The molecule has 1 aromatic carbocycles. The lowest BCUT2D eigenvalue weighted by molar-refractivity contribution is -0.116. The van der Waals surface area contributed by atoms with Crippen molar-refractivity contribution in [1.82, 2.24) is 0 Å². The summed E-state index contributed by atoms with van der Waals surface area (Å²) in [4.78, 5) is 11.4. The maximum absolute atomic E-state index is 11.4. The van der Waals surface area contributed by atoms with Gasteiger partial charge in [0.05, 0.1) is 10.7 Å². The minimum atomic E-state index is 0.000556. The Morgan fingerprint density at radius 2 is 2.12 bits per heavy atom. The molecular weight excluding hydrogens is 224 g/mol. The molecule has 3 nitrogen and oxygen atoms in total. The maximum atomic E-state index is 11.4. The number of carbonyl (C=O) groups excluding carboxylic acids is 1. The van der Waals surface area contributed by atoms with Crippen molar-refractivity contribution in [2.24, 2.45) is 0 Å². The van der Waals surface area contributed by atoms with Gasteiger partial charge < -0.3 is 10.6 Å². The molecule has 0 saturated heterocycles. The summed E-state index contributed by atoms with van der Waals surface area (Å²) >= 11 is 6.05. The number of hydrogen-bond acceptors (Lipinski definition) is 2. The Hall–Kier alpha value is -1.22. The van der Waals surface area contributed by atoms with E-state index >= 15 is 0 Å². The third-order valence-electron chi connectivity index (χ3n) is 2.10. The van der Waals surface area contributed by atoms with E-state index in [1.165, 1.54) is 0 Å². The average molecular weight is 241 g/mol. The fourth-order valence-corrected chi connectivity index (χ4v) is 1.60. The topological polar surface area (TPSA) is 41.1 Å². The van der Waals surface area contributed by atoms with E-state index in [1.54, 1.807) is 0 Å². The van der Waals surface area contributed by atoms with Crippen molar-refractivity contribution in [3.05, 3.63) is 23.2 Å². The van der Waals surface area contributed by atoms with Gasteiger partial charge in [0.2, 0.25) is 5.91 Å². The van der Waals surface area contributed by atoms with Crippen LogP contribution in [0.4, 0.5) is 11.4 Å². The summed E-state index contributed by atoms with van der Waals surface area (Å²) in [6.07, 6.45) is 1.35. The Balaban J connectivity index is 2.71. The SMILES string of the molecule is CCCC(=O)Nc1ccc(NCC)cc1Cl. The molecule has 1 rings (SSSR count). The molecule has 0 aliphatic heterocycles. The lowest BCUT2D eigenvalue weighted by Crippen LogP contribution is -2.11. The van der Waals surface area contributed by atoms with E-state index in [-0.39, 0.29) is 5.91 Å². The summed E-state index contributed by atoms with van der Waals surface area (Å²) in [5, 5.41) is 6.50. The van der Waals surface area contributed by atoms with Crippen LogP contribution in [0.25, 0.3) is 0 Å². The molecule has 1 aromatic rings. The summed E-state index contributed by atoms with van der Waals surface area (Å²) in [5.74, 6) is 0.000556. The van der Waals surface area contributed by atoms with Crippen LogP contribution in [0.2, 0.25) is 5.02 Å². The Morgan fingerprint density at radius 1 is 1.38 bits per heavy atom. The first-order valence-corrected chi connectivity index (χ1v) is 5.88. The van der Waals surface area contributed by atoms with Gasteiger partial charge in [-0.3, -0.25) is 4.79 Å². The molecule has 2 N–H and O–H groups in total. The summed E-state index contributed by atoms with van der Waals surface area (Å²) in [6.45, 7) is 4.83. The average Bonchev–Trinajstić information content (AvgIpc) is 2.23. The molecule has 0 aliphatic rings. The summed E-state index contributed by atoms with van der Waals surface area (Å²) in [7, 11) is 0. The van der Waals surface area contributed by atoms with E-state index in [2.05, 4.69) is 10.6 Å². The Bertz CT molecular complexity index is 366. The molecule has 0 heterocycles. The highest BCUT2D eigenvalue weighted by atomic mass is 35.5. The standard InChI is InChI=1S/C12H17ClN2O/c1-3-5-12(16)15-11-7-6-9(14-4-2)8-10(11)13/h6-8,14H,3-5H2,1-2H3,(H,15,16). The normalized spacial score (nSPS) is 9.94. The molecule has 0 radical (unpaired) electrons. The first-order valence-electron chi connectivity index (χ1n) is 5.50. The molecule has 4 heteroatoms. The number of rotatable bonds is 5. The predicted octanol–water partition coefficient (Wildman–Crippen LogP) is 3.51. The zero-order valence-electron chi connectivity index (χ0n) is 9.64. The van der Waals surface area contributed by atoms with E-state index in [0.717, 1.165) is 18.7 Å². The van der Waals surface area contributed by atoms with Crippen LogP contribution in [0.15, 0.2) is 18.2 Å². The van der Waals surface area contributed by atoms with Crippen LogP contribution < -0.4 is 10.6 Å². The molecule has 1 amide bonds. The Kier molecular flexibility index (Phi) is 5.12. The monoisotopic (exact) mass is 240 g/mol. The van der Waals surface area contributed by atoms with Gasteiger partial charge in [0.15, 0.2) is 0 Å². The maximum Gasteiger partial charge on any atom is 0.224 e. The van der Waals surface area contributed by atoms with Crippen LogP contribution in [0.3, 0.4) is 0 Å². The van der Waals surface area contributed by atoms with Crippen LogP contribution in [0.1, 0.15) is 26.7 Å². The second-order valence-electron chi connectivity index (χ2n) is 3.52. The lowest BCUT2D eigenvalue weighted by atomic mass is 10.2. The molecule has 0 aromatic heterocycles. The van der Waals surface area contributed by atoms with Gasteiger partial charge in [-0.2, -0.15) is 0 Å². The second-order valence-corrected chi connectivity index (χ2v) is 3.93. The molecule has 0 aliphatic carbocycles. The van der Waals surface area contributed by atoms with Crippen LogP contribution in [0, 0.1) is 0 Å². The Labute approximate surface area is 101 Å². The molecule has 0 saturated carbocycles. The molecule has 0 unspecified atom stereocenters. The lowest BCUT2D eigenvalue weighted by Gasteiger charge is -2.09. The number of anilines is 2. The summed E-state index contributed by atoms with van der Waals surface area (Å²) < 4.78 is 0. The van der Waals surface area contributed by atoms with Gasteiger partial charge in [0, 0.05) is 18.7 Å². The van der Waals surface area contributed by atoms with Crippen LogP contribution in [-0.4, -0.2) is 12.5 Å². The van der Waals surface area contributed by atoms with Crippen molar-refractivity contribution in [1.29, 1.82) is 0 Å². The highest BCUT2D eigenvalue weighted by molar-refractivity contribution is 6.34. The van der Waals surface area contributed by atoms with Crippen LogP contribution in [0.5, 0.6) is 0 Å². The highest BCUT2D eigenvalue weighted by Gasteiger charge is 2.05. The van der Waals surface area contributed by atoms with E-state index < -0.39 is 0 Å². The summed E-state index contributed by atoms with van der Waals surface area (Å²) in [6, 6.07) is 5.53. The molecular formula is C12H17ClN2O. The molecule has 0 fully saturated rings. The smallest absolute Gasteiger partial charge is 0.224 e. The van der Waals surface area contributed by atoms with Crippen molar-refractivity contribution in [2.75, 3.05) is 17.2 Å². The van der Waals surface area contributed by atoms with Crippen LogP contribution >= 0.6 is 11.6 Å². The molecule has 88 valence electrons. The van der Waals surface area contributed by atoms with Crippen molar-refractivity contribution in [3.8, 4) is 0 Å². The summed E-state index contributed by atoms with van der Waals surface area (Å²) in [5.41, 5.74) is 1.63. The third kappa shape index (κ3) is 3.74. The van der Waals surface area contributed by atoms with E-state index in [9.17, 15) is 4.79 Å². The van der Waals surface area contributed by atoms with E-state index in [0.29, 0.717) is 17.1 Å². The number of halogens is 1. The highest BCUT2D eigenvalue weighted by Crippen LogP contribution is 2.25. The fourth-order valence-electron chi connectivity index (χ4n) is 1.37. The number of amides is 1. The number of benzene rings is 1. The van der Waals surface area contributed by atoms with Gasteiger partial charge in [-0.25, -0.2) is 0 Å². The Morgan fingerprint density at radius 3 is 2.69 bits per heavy atom. The van der Waals surface area contributed by atoms with Gasteiger partial charge in [0.25, 0.3) is 0 Å². The molecule has 0 spiro atoms. The zero-order valence-corrected chi connectivity index (χ0v) is 10.4. The largest absolute Gasteiger partial charge is 0.385 e. The van der Waals surface area contributed by atoms with Gasteiger partial charge in [0.1, 0.15) is 0 Å². The predicted molar refractivity (Wildman–Crippen MR) is 69.2 cm³/mol. The van der Waals surface area contributed by atoms with Crippen molar-refractivity contribution >= 4 is 28.9 Å².